The maximum Gasteiger partial charge on any atom is 0.262 e. The van der Waals surface area contributed by atoms with Gasteiger partial charge in [-0.15, -0.1) is 5.10 Å². The number of carbonyl (C=O) groups excluding carboxylic acids is 1. The monoisotopic (exact) mass is 337 g/mol. The summed E-state index contributed by atoms with van der Waals surface area (Å²) in [5, 5.41) is 7.09. The highest BCUT2D eigenvalue weighted by atomic mass is 16.5. The van der Waals surface area contributed by atoms with Crippen LogP contribution in [0.4, 0.5) is 5.69 Å². The van der Waals surface area contributed by atoms with Crippen molar-refractivity contribution in [2.75, 3.05) is 19.0 Å². The number of benzene rings is 2. The number of hydrogen-bond acceptors (Lipinski definition) is 4. The molecule has 0 fully saturated rings. The Morgan fingerprint density at radius 3 is 2.76 bits per heavy atom. The number of nitrogens with one attached hydrogen (secondary N) is 1. The van der Waals surface area contributed by atoms with Crippen molar-refractivity contribution in [2.45, 2.75) is 6.61 Å². The lowest BCUT2D eigenvalue weighted by Crippen LogP contribution is -2.20. The van der Waals surface area contributed by atoms with E-state index in [-0.39, 0.29) is 12.5 Å². The maximum atomic E-state index is 12.0. The zero-order valence-electron chi connectivity index (χ0n) is 13.9. The number of amides is 1. The summed E-state index contributed by atoms with van der Waals surface area (Å²) >= 11 is 0. The van der Waals surface area contributed by atoms with Crippen LogP contribution in [0.15, 0.2) is 66.9 Å². The number of methoxy groups -OCH3 is 1. The number of carbonyl (C=O) groups is 1. The average Bonchev–Trinajstić information content (AvgIpc) is 3.10. The van der Waals surface area contributed by atoms with Crippen molar-refractivity contribution >= 4 is 11.6 Å². The summed E-state index contributed by atoms with van der Waals surface area (Å²) < 4.78 is 12.2. The quantitative estimate of drug-likeness (QED) is 0.720. The van der Waals surface area contributed by atoms with E-state index in [4.69, 9.17) is 9.47 Å². The number of nitrogens with zero attached hydrogens (tertiary/aromatic N) is 2. The molecule has 3 aromatic rings. The van der Waals surface area contributed by atoms with Gasteiger partial charge in [-0.1, -0.05) is 30.3 Å². The third kappa shape index (κ3) is 4.68. The normalized spacial score (nSPS) is 10.4. The van der Waals surface area contributed by atoms with Gasteiger partial charge in [-0.25, -0.2) is 4.68 Å². The van der Waals surface area contributed by atoms with Gasteiger partial charge in [0.15, 0.2) is 6.61 Å². The third-order valence-electron chi connectivity index (χ3n) is 3.46. The molecule has 3 rings (SSSR count). The SMILES string of the molecule is COCc1cccc(NC(=O)COc2ccn(-c3ccccc3)n2)c1. The Bertz CT molecular complexity index is 831. The second kappa shape index (κ2) is 8.12. The standard InChI is InChI=1S/C19H19N3O3/c1-24-13-15-6-5-7-16(12-15)20-18(23)14-25-19-10-11-22(21-19)17-8-3-2-4-9-17/h2-12H,13-14H2,1H3,(H,20,23). The molecule has 1 N–H and O–H groups in total. The molecule has 25 heavy (non-hydrogen) atoms. The Labute approximate surface area is 146 Å². The van der Waals surface area contributed by atoms with E-state index in [2.05, 4.69) is 10.4 Å². The first kappa shape index (κ1) is 16.7. The molecular weight excluding hydrogens is 318 g/mol. The molecule has 1 aromatic heterocycles. The number of hydrogen-bond donors (Lipinski definition) is 1. The van der Waals surface area contributed by atoms with Crippen LogP contribution in [-0.4, -0.2) is 29.4 Å². The molecule has 0 aliphatic heterocycles. The summed E-state index contributed by atoms with van der Waals surface area (Å²) in [6.45, 7) is 0.386. The molecule has 128 valence electrons. The molecule has 6 nitrogen and oxygen atoms in total. The lowest BCUT2D eigenvalue weighted by Gasteiger charge is -2.07. The van der Waals surface area contributed by atoms with Gasteiger partial charge in [0.05, 0.1) is 12.3 Å². The van der Waals surface area contributed by atoms with Crippen molar-refractivity contribution in [3.8, 4) is 11.6 Å². The van der Waals surface area contributed by atoms with E-state index in [1.807, 2.05) is 54.6 Å². The first-order valence-electron chi connectivity index (χ1n) is 7.86. The predicted octanol–water partition coefficient (Wildman–Crippen LogP) is 3.04. The largest absolute Gasteiger partial charge is 0.466 e. The smallest absolute Gasteiger partial charge is 0.262 e. The number of aromatic nitrogens is 2. The van der Waals surface area contributed by atoms with Crippen LogP contribution >= 0.6 is 0 Å². The van der Waals surface area contributed by atoms with Crippen molar-refractivity contribution < 1.29 is 14.3 Å². The van der Waals surface area contributed by atoms with Crippen molar-refractivity contribution in [1.29, 1.82) is 0 Å². The van der Waals surface area contributed by atoms with Crippen LogP contribution in [0.3, 0.4) is 0 Å². The van der Waals surface area contributed by atoms with Gasteiger partial charge < -0.3 is 14.8 Å². The molecule has 0 aliphatic carbocycles. The fraction of sp³-hybridized carbons (Fsp3) is 0.158. The first-order chi connectivity index (χ1) is 12.2. The minimum absolute atomic E-state index is 0.111. The van der Waals surface area contributed by atoms with E-state index in [9.17, 15) is 4.79 Å². The van der Waals surface area contributed by atoms with E-state index >= 15 is 0 Å². The summed E-state index contributed by atoms with van der Waals surface area (Å²) in [5.74, 6) is 0.149. The Kier molecular flexibility index (Phi) is 5.43. The van der Waals surface area contributed by atoms with Gasteiger partial charge in [0.1, 0.15) is 0 Å². The molecular formula is C19H19N3O3. The van der Waals surface area contributed by atoms with E-state index in [0.717, 1.165) is 11.3 Å². The summed E-state index contributed by atoms with van der Waals surface area (Å²) in [6, 6.07) is 18.9. The van der Waals surface area contributed by atoms with Crippen LogP contribution in [0, 0.1) is 0 Å². The Morgan fingerprint density at radius 1 is 1.12 bits per heavy atom. The van der Waals surface area contributed by atoms with Gasteiger partial charge in [0.2, 0.25) is 5.88 Å². The molecule has 0 spiro atoms. The predicted molar refractivity (Wildman–Crippen MR) is 94.8 cm³/mol. The molecule has 0 saturated carbocycles. The molecule has 0 saturated heterocycles. The van der Waals surface area contributed by atoms with Crippen molar-refractivity contribution in [1.82, 2.24) is 9.78 Å². The number of para-hydroxylation sites is 1. The van der Waals surface area contributed by atoms with E-state index in [1.165, 1.54) is 0 Å². The molecule has 0 aliphatic rings. The Balaban J connectivity index is 1.54. The fourth-order valence-electron chi connectivity index (χ4n) is 2.35. The molecule has 0 bridgehead atoms. The average molecular weight is 337 g/mol. The van der Waals surface area contributed by atoms with Gasteiger partial charge >= 0.3 is 0 Å². The van der Waals surface area contributed by atoms with Crippen LogP contribution in [0.2, 0.25) is 0 Å². The van der Waals surface area contributed by atoms with Gasteiger partial charge in [-0.05, 0) is 29.8 Å². The summed E-state index contributed by atoms with van der Waals surface area (Å²) in [5.41, 5.74) is 2.62. The zero-order chi connectivity index (χ0) is 17.5. The summed E-state index contributed by atoms with van der Waals surface area (Å²) in [4.78, 5) is 12.0. The third-order valence-corrected chi connectivity index (χ3v) is 3.46. The minimum atomic E-state index is -0.246. The van der Waals surface area contributed by atoms with Gasteiger partial charge in [0, 0.05) is 25.1 Å². The fourth-order valence-corrected chi connectivity index (χ4v) is 2.35. The first-order valence-corrected chi connectivity index (χ1v) is 7.86. The van der Waals surface area contributed by atoms with E-state index in [1.54, 1.807) is 24.1 Å². The van der Waals surface area contributed by atoms with Crippen LogP contribution in [0.25, 0.3) is 5.69 Å². The Hall–Kier alpha value is -3.12. The number of anilines is 1. The number of ether oxygens (including phenoxy) is 2. The van der Waals surface area contributed by atoms with Crippen molar-refractivity contribution in [3.05, 3.63) is 72.4 Å². The maximum absolute atomic E-state index is 12.0. The highest BCUT2D eigenvalue weighted by Gasteiger charge is 2.07. The highest BCUT2D eigenvalue weighted by Crippen LogP contribution is 2.13. The van der Waals surface area contributed by atoms with Crippen LogP contribution in [-0.2, 0) is 16.1 Å². The van der Waals surface area contributed by atoms with Crippen molar-refractivity contribution in [2.24, 2.45) is 0 Å². The van der Waals surface area contributed by atoms with Gasteiger partial charge in [0.25, 0.3) is 5.91 Å². The second-order valence-electron chi connectivity index (χ2n) is 5.40. The molecule has 1 amide bonds. The highest BCUT2D eigenvalue weighted by molar-refractivity contribution is 5.91. The van der Waals surface area contributed by atoms with Gasteiger partial charge in [-0.3, -0.25) is 4.79 Å². The molecule has 2 aromatic carbocycles. The van der Waals surface area contributed by atoms with Crippen molar-refractivity contribution in [3.63, 3.8) is 0 Å². The second-order valence-corrected chi connectivity index (χ2v) is 5.40. The number of rotatable bonds is 7. The molecule has 6 heteroatoms. The van der Waals surface area contributed by atoms with Crippen LogP contribution in [0.1, 0.15) is 5.56 Å². The van der Waals surface area contributed by atoms with Crippen LogP contribution in [0.5, 0.6) is 5.88 Å². The lowest BCUT2D eigenvalue weighted by molar-refractivity contribution is -0.118. The summed E-state index contributed by atoms with van der Waals surface area (Å²) in [7, 11) is 1.63. The Morgan fingerprint density at radius 2 is 1.96 bits per heavy atom. The lowest BCUT2D eigenvalue weighted by atomic mass is 10.2. The molecule has 0 atom stereocenters. The minimum Gasteiger partial charge on any atom is -0.466 e. The van der Waals surface area contributed by atoms with Gasteiger partial charge in [-0.2, -0.15) is 0 Å². The zero-order valence-corrected chi connectivity index (χ0v) is 13.9. The van der Waals surface area contributed by atoms with E-state index in [0.29, 0.717) is 18.2 Å². The molecule has 0 unspecified atom stereocenters. The molecule has 1 heterocycles. The summed E-state index contributed by atoms with van der Waals surface area (Å²) in [6.07, 6.45) is 1.79. The topological polar surface area (TPSA) is 65.4 Å². The molecule has 0 radical (unpaired) electrons. The van der Waals surface area contributed by atoms with Crippen LogP contribution < -0.4 is 10.1 Å². The van der Waals surface area contributed by atoms with E-state index < -0.39 is 0 Å².